The zero-order valence-corrected chi connectivity index (χ0v) is 24.3. The molecule has 1 aliphatic heterocycles. The molecule has 1 saturated heterocycles. The molecule has 0 atom stereocenters. The van der Waals surface area contributed by atoms with Gasteiger partial charge in [0.2, 0.25) is 0 Å². The van der Waals surface area contributed by atoms with Crippen LogP contribution in [0.25, 0.3) is 11.0 Å². The van der Waals surface area contributed by atoms with Crippen LogP contribution in [0.15, 0.2) is 34.0 Å². The summed E-state index contributed by atoms with van der Waals surface area (Å²) in [5.41, 5.74) is 0.714. The summed E-state index contributed by atoms with van der Waals surface area (Å²) in [6.07, 6.45) is 4.81. The monoisotopic (exact) mass is 568 g/mol. The first kappa shape index (κ1) is 28.4. The Balaban J connectivity index is 1.40. The van der Waals surface area contributed by atoms with E-state index in [2.05, 4.69) is 10.3 Å². The van der Waals surface area contributed by atoms with Gasteiger partial charge in [0.15, 0.2) is 0 Å². The van der Waals surface area contributed by atoms with Crippen LogP contribution in [0.4, 0.5) is 4.39 Å². The summed E-state index contributed by atoms with van der Waals surface area (Å²) in [6, 6.07) is 4.29. The third kappa shape index (κ3) is 5.30. The quantitative estimate of drug-likeness (QED) is 0.459. The van der Waals surface area contributed by atoms with Crippen molar-refractivity contribution in [1.29, 1.82) is 0 Å². The topological polar surface area (TPSA) is 106 Å². The van der Waals surface area contributed by atoms with Gasteiger partial charge in [-0.25, -0.2) is 14.2 Å². The van der Waals surface area contributed by atoms with Crippen LogP contribution in [0, 0.1) is 12.7 Å². The van der Waals surface area contributed by atoms with Gasteiger partial charge in [-0.3, -0.25) is 18.7 Å². The molecule has 0 spiro atoms. The van der Waals surface area contributed by atoms with Gasteiger partial charge in [-0.15, -0.1) is 0 Å². The number of hydrogen-bond donors (Lipinski definition) is 2. The van der Waals surface area contributed by atoms with Crippen LogP contribution < -0.4 is 16.6 Å². The largest absolute Gasteiger partial charge is 0.507 e. The molecule has 0 radical (unpaired) electrons. The molecule has 2 aliphatic rings. The van der Waals surface area contributed by atoms with Crippen LogP contribution in [-0.4, -0.2) is 42.7 Å². The van der Waals surface area contributed by atoms with Gasteiger partial charge < -0.3 is 10.4 Å². The number of nitrogens with zero attached hydrogens (tertiary/aromatic N) is 3. The second-order valence-corrected chi connectivity index (χ2v) is 13.3. The van der Waals surface area contributed by atoms with Gasteiger partial charge in [-0.2, -0.15) is 11.8 Å². The number of phenolic OH excluding ortho intramolecular Hbond substituents is 1. The summed E-state index contributed by atoms with van der Waals surface area (Å²) in [7, 11) is 0. The van der Waals surface area contributed by atoms with Crippen molar-refractivity contribution < 1.29 is 14.3 Å². The molecular weight excluding hydrogens is 531 g/mol. The van der Waals surface area contributed by atoms with E-state index in [0.717, 1.165) is 30.5 Å². The molecule has 0 unspecified atom stereocenters. The highest BCUT2D eigenvalue weighted by Crippen LogP contribution is 2.35. The van der Waals surface area contributed by atoms with E-state index in [1.165, 1.54) is 10.6 Å². The van der Waals surface area contributed by atoms with Gasteiger partial charge in [0, 0.05) is 23.7 Å². The molecule has 1 amide bonds. The van der Waals surface area contributed by atoms with E-state index in [9.17, 15) is 23.9 Å². The number of aromatic hydroxyl groups is 1. The number of halogens is 1. The fourth-order valence-electron chi connectivity index (χ4n) is 6.12. The average molecular weight is 569 g/mol. The predicted molar refractivity (Wildman–Crippen MR) is 156 cm³/mol. The molecule has 0 bridgehead atoms. The van der Waals surface area contributed by atoms with E-state index < -0.39 is 11.4 Å². The van der Waals surface area contributed by atoms with Crippen molar-refractivity contribution in [2.24, 2.45) is 0 Å². The highest BCUT2D eigenvalue weighted by atomic mass is 32.2. The number of amides is 1. The van der Waals surface area contributed by atoms with Gasteiger partial charge in [-0.05, 0) is 74.0 Å². The molecule has 2 aromatic heterocycles. The summed E-state index contributed by atoms with van der Waals surface area (Å²) in [5.74, 6) is 0.894. The van der Waals surface area contributed by atoms with Crippen LogP contribution in [0.2, 0.25) is 0 Å². The lowest BCUT2D eigenvalue weighted by Gasteiger charge is -2.32. The number of hydrogen-bond acceptors (Lipinski definition) is 6. The second kappa shape index (κ2) is 11.0. The summed E-state index contributed by atoms with van der Waals surface area (Å²) in [4.78, 5) is 44.8. The number of phenols is 1. The van der Waals surface area contributed by atoms with Crippen LogP contribution in [-0.2, 0) is 5.41 Å². The third-order valence-electron chi connectivity index (χ3n) is 8.30. The Morgan fingerprint density at radius 1 is 1.05 bits per heavy atom. The van der Waals surface area contributed by atoms with Crippen molar-refractivity contribution in [2.75, 3.05) is 11.5 Å². The fraction of sp³-hybridized carbons (Fsp3) is 0.533. The van der Waals surface area contributed by atoms with Crippen molar-refractivity contribution in [3.8, 4) is 5.75 Å². The molecule has 3 heterocycles. The molecule has 3 aromatic rings. The molecule has 214 valence electrons. The lowest BCUT2D eigenvalue weighted by Crippen LogP contribution is -2.46. The number of aromatic nitrogens is 3. The van der Waals surface area contributed by atoms with Crippen molar-refractivity contribution in [1.82, 2.24) is 19.4 Å². The molecular formula is C30H37FN4O4S. The number of pyridine rings is 1. The number of thioether (sulfide) groups is 1. The summed E-state index contributed by atoms with van der Waals surface area (Å²) >= 11 is 1.83. The number of carbonyl (C=O) groups is 1. The number of benzene rings is 1. The van der Waals surface area contributed by atoms with Gasteiger partial charge in [0.05, 0.1) is 17.1 Å². The molecule has 5 rings (SSSR count). The van der Waals surface area contributed by atoms with E-state index >= 15 is 0 Å². The average Bonchev–Trinajstić information content (AvgIpc) is 2.90. The third-order valence-corrected chi connectivity index (χ3v) is 9.35. The standard InChI is InChI=1S/C30H37FN4O4S/c1-17-5-10-23(30(2,3)4)25(36)24(17)27(37)33-19-6-8-20(9-7-19)35-28(38)22-15-18(31)16-32-26(22)34(29(35)39)21-11-13-40-14-12-21/h5,10,15-16,19-21,36H,6-9,11-14H2,1-4H3,(H,33,37). The second-order valence-electron chi connectivity index (χ2n) is 12.1. The maximum Gasteiger partial charge on any atom is 0.333 e. The molecule has 1 saturated carbocycles. The minimum Gasteiger partial charge on any atom is -0.507 e. The van der Waals surface area contributed by atoms with Crippen molar-refractivity contribution >= 4 is 28.7 Å². The maximum atomic E-state index is 14.2. The molecule has 40 heavy (non-hydrogen) atoms. The first-order chi connectivity index (χ1) is 19.0. The highest BCUT2D eigenvalue weighted by molar-refractivity contribution is 7.99. The first-order valence-corrected chi connectivity index (χ1v) is 15.2. The van der Waals surface area contributed by atoms with Gasteiger partial charge in [0.1, 0.15) is 17.2 Å². The zero-order valence-electron chi connectivity index (χ0n) is 23.5. The Hall–Kier alpha value is -3.14. The predicted octanol–water partition coefficient (Wildman–Crippen LogP) is 4.99. The van der Waals surface area contributed by atoms with Crippen molar-refractivity contribution in [3.05, 3.63) is 67.7 Å². The van der Waals surface area contributed by atoms with E-state index in [1.54, 1.807) is 11.5 Å². The number of fused-ring (bicyclic) bond motifs is 1. The minimum absolute atomic E-state index is 0.00362. The molecule has 2 fully saturated rings. The van der Waals surface area contributed by atoms with Crippen LogP contribution in [0.5, 0.6) is 5.75 Å². The Labute approximate surface area is 237 Å². The normalized spacial score (nSPS) is 20.5. The minimum atomic E-state index is -0.610. The summed E-state index contributed by atoms with van der Waals surface area (Å²) < 4.78 is 17.1. The molecule has 1 aromatic carbocycles. The Morgan fingerprint density at radius 3 is 2.35 bits per heavy atom. The lowest BCUT2D eigenvalue weighted by atomic mass is 9.84. The smallest absolute Gasteiger partial charge is 0.333 e. The van der Waals surface area contributed by atoms with E-state index in [0.29, 0.717) is 36.8 Å². The Kier molecular flexibility index (Phi) is 7.83. The summed E-state index contributed by atoms with van der Waals surface area (Å²) in [6.45, 7) is 7.76. The number of rotatable bonds is 4. The van der Waals surface area contributed by atoms with Gasteiger partial charge in [0.25, 0.3) is 11.5 Å². The van der Waals surface area contributed by atoms with E-state index in [1.807, 2.05) is 44.7 Å². The van der Waals surface area contributed by atoms with E-state index in [-0.39, 0.29) is 57.5 Å². The van der Waals surface area contributed by atoms with Crippen molar-refractivity contribution in [3.63, 3.8) is 0 Å². The Bertz CT molecular complexity index is 1560. The van der Waals surface area contributed by atoms with Gasteiger partial charge in [-0.1, -0.05) is 32.9 Å². The molecule has 8 nitrogen and oxygen atoms in total. The zero-order chi connectivity index (χ0) is 28.8. The SMILES string of the molecule is Cc1ccc(C(C)(C)C)c(O)c1C(=O)NC1CCC(n2c(=O)c3cc(F)cnc3n(C3CCSCC3)c2=O)CC1. The van der Waals surface area contributed by atoms with Crippen LogP contribution in [0.3, 0.4) is 0 Å². The van der Waals surface area contributed by atoms with E-state index in [4.69, 9.17) is 0 Å². The lowest BCUT2D eigenvalue weighted by molar-refractivity contribution is 0.0918. The Morgan fingerprint density at radius 2 is 1.70 bits per heavy atom. The number of nitrogens with one attached hydrogen (secondary N) is 1. The fourth-order valence-corrected chi connectivity index (χ4v) is 7.20. The van der Waals surface area contributed by atoms with Crippen molar-refractivity contribution in [2.45, 2.75) is 89.8 Å². The molecule has 1 aliphatic carbocycles. The first-order valence-electron chi connectivity index (χ1n) is 14.0. The number of carbonyl (C=O) groups excluding carboxylic acids is 1. The highest BCUT2D eigenvalue weighted by Gasteiger charge is 2.31. The number of aryl methyl sites for hydroxylation is 1. The maximum absolute atomic E-state index is 14.2. The summed E-state index contributed by atoms with van der Waals surface area (Å²) in [5, 5.41) is 14.1. The van der Waals surface area contributed by atoms with Crippen LogP contribution in [0.1, 0.15) is 92.9 Å². The molecule has 2 N–H and O–H groups in total. The van der Waals surface area contributed by atoms with Gasteiger partial charge >= 0.3 is 5.69 Å². The molecule has 10 heteroatoms. The van der Waals surface area contributed by atoms with Crippen LogP contribution >= 0.6 is 11.8 Å².